The topological polar surface area (TPSA) is 75.4 Å². The van der Waals surface area contributed by atoms with Gasteiger partial charge in [-0.3, -0.25) is 9.59 Å². The highest BCUT2D eigenvalue weighted by molar-refractivity contribution is 5.79. The summed E-state index contributed by atoms with van der Waals surface area (Å²) in [6.07, 6.45) is 6.07. The van der Waals surface area contributed by atoms with E-state index in [1.165, 1.54) is 0 Å². The molecule has 0 aromatic carbocycles. The maximum atomic E-state index is 11.7. The first-order valence-corrected chi connectivity index (χ1v) is 6.98. The van der Waals surface area contributed by atoms with E-state index in [0.717, 1.165) is 38.6 Å². The third kappa shape index (κ3) is 6.00. The molecule has 0 aromatic rings. The molecule has 18 heavy (non-hydrogen) atoms. The second kappa shape index (κ2) is 8.91. The Labute approximate surface area is 109 Å². The van der Waals surface area contributed by atoms with Crippen molar-refractivity contribution < 1.29 is 9.59 Å². The van der Waals surface area contributed by atoms with Gasteiger partial charge in [0.05, 0.1) is 0 Å². The normalized spacial score (nSPS) is 16.5. The van der Waals surface area contributed by atoms with Crippen LogP contribution in [0.2, 0.25) is 0 Å². The predicted octanol–water partition coefficient (Wildman–Crippen LogP) is 0.634. The lowest BCUT2D eigenvalue weighted by Crippen LogP contribution is -2.35. The van der Waals surface area contributed by atoms with Gasteiger partial charge in [0.25, 0.3) is 0 Å². The fraction of sp³-hybridized carbons (Fsp3) is 0.846. The van der Waals surface area contributed by atoms with Gasteiger partial charge in [-0.15, -0.1) is 0 Å². The van der Waals surface area contributed by atoms with Crippen LogP contribution in [0.4, 0.5) is 0 Å². The van der Waals surface area contributed by atoms with E-state index in [0.29, 0.717) is 32.5 Å². The summed E-state index contributed by atoms with van der Waals surface area (Å²) in [5, 5.41) is 2.86. The molecular weight excluding hydrogens is 230 g/mol. The van der Waals surface area contributed by atoms with Gasteiger partial charge in [-0.1, -0.05) is 6.42 Å². The molecule has 1 aliphatic heterocycles. The van der Waals surface area contributed by atoms with Crippen LogP contribution in [0, 0.1) is 0 Å². The lowest BCUT2D eigenvalue weighted by molar-refractivity contribution is -0.131. The highest BCUT2D eigenvalue weighted by atomic mass is 16.2. The molecule has 2 amide bonds. The van der Waals surface area contributed by atoms with Crippen molar-refractivity contribution in [3.05, 3.63) is 0 Å². The third-order valence-electron chi connectivity index (χ3n) is 3.23. The summed E-state index contributed by atoms with van der Waals surface area (Å²) in [4.78, 5) is 25.1. The molecule has 1 rings (SSSR count). The van der Waals surface area contributed by atoms with E-state index in [-0.39, 0.29) is 11.8 Å². The Kier molecular flexibility index (Phi) is 7.41. The fourth-order valence-corrected chi connectivity index (χ4v) is 2.10. The smallest absolute Gasteiger partial charge is 0.222 e. The Balaban J connectivity index is 2.14. The van der Waals surface area contributed by atoms with Crippen molar-refractivity contribution in [2.24, 2.45) is 5.73 Å². The highest BCUT2D eigenvalue weighted by Gasteiger charge is 2.16. The minimum atomic E-state index is 0.0315. The first-order chi connectivity index (χ1) is 8.74. The first-order valence-electron chi connectivity index (χ1n) is 6.98. The van der Waals surface area contributed by atoms with Crippen molar-refractivity contribution in [2.45, 2.75) is 44.9 Å². The van der Waals surface area contributed by atoms with E-state index >= 15 is 0 Å². The predicted molar refractivity (Wildman–Crippen MR) is 71.0 cm³/mol. The van der Waals surface area contributed by atoms with Crippen molar-refractivity contribution in [2.75, 3.05) is 26.2 Å². The van der Waals surface area contributed by atoms with Crippen molar-refractivity contribution in [1.82, 2.24) is 10.2 Å². The summed E-state index contributed by atoms with van der Waals surface area (Å²) in [5.41, 5.74) is 5.37. The molecule has 0 radical (unpaired) electrons. The number of rotatable bonds is 7. The molecule has 0 bridgehead atoms. The molecule has 0 aliphatic carbocycles. The number of nitrogens with zero attached hydrogens (tertiary/aromatic N) is 1. The molecule has 1 heterocycles. The Morgan fingerprint density at radius 3 is 2.89 bits per heavy atom. The fourth-order valence-electron chi connectivity index (χ4n) is 2.10. The number of nitrogens with one attached hydrogen (secondary N) is 1. The van der Waals surface area contributed by atoms with Crippen molar-refractivity contribution in [3.8, 4) is 0 Å². The average Bonchev–Trinajstić information content (AvgIpc) is 2.57. The Morgan fingerprint density at radius 1 is 1.28 bits per heavy atom. The summed E-state index contributed by atoms with van der Waals surface area (Å²) in [6, 6.07) is 0. The lowest BCUT2D eigenvalue weighted by atomic mass is 10.2. The molecule has 104 valence electrons. The summed E-state index contributed by atoms with van der Waals surface area (Å²) in [6.45, 7) is 2.71. The van der Waals surface area contributed by atoms with Gasteiger partial charge in [0.1, 0.15) is 0 Å². The molecule has 0 unspecified atom stereocenters. The number of carbonyl (C=O) groups excluding carboxylic acids is 2. The SMILES string of the molecule is NCCCCNC(=O)CCN1CCCCCC1=O. The average molecular weight is 255 g/mol. The van der Waals surface area contributed by atoms with Gasteiger partial charge in [0, 0.05) is 32.5 Å². The minimum absolute atomic E-state index is 0.0315. The molecule has 5 nitrogen and oxygen atoms in total. The molecule has 0 aromatic heterocycles. The molecule has 0 saturated carbocycles. The van der Waals surface area contributed by atoms with E-state index in [1.807, 2.05) is 4.90 Å². The number of carbonyl (C=O) groups is 2. The number of amides is 2. The first kappa shape index (κ1) is 15.0. The molecule has 1 aliphatic rings. The van der Waals surface area contributed by atoms with Crippen molar-refractivity contribution in [1.29, 1.82) is 0 Å². The van der Waals surface area contributed by atoms with Crippen molar-refractivity contribution in [3.63, 3.8) is 0 Å². The van der Waals surface area contributed by atoms with Crippen molar-refractivity contribution >= 4 is 11.8 Å². The molecule has 1 fully saturated rings. The van der Waals surface area contributed by atoms with Gasteiger partial charge in [-0.05, 0) is 32.2 Å². The maximum absolute atomic E-state index is 11.7. The lowest BCUT2D eigenvalue weighted by Gasteiger charge is -2.20. The van der Waals surface area contributed by atoms with E-state index in [2.05, 4.69) is 5.32 Å². The molecule has 3 N–H and O–H groups in total. The quantitative estimate of drug-likeness (QED) is 0.655. The van der Waals surface area contributed by atoms with E-state index in [9.17, 15) is 9.59 Å². The summed E-state index contributed by atoms with van der Waals surface area (Å²) >= 11 is 0. The van der Waals surface area contributed by atoms with Crippen LogP contribution < -0.4 is 11.1 Å². The van der Waals surface area contributed by atoms with Crippen LogP contribution in [0.3, 0.4) is 0 Å². The zero-order chi connectivity index (χ0) is 13.2. The number of hydrogen-bond donors (Lipinski definition) is 2. The zero-order valence-corrected chi connectivity index (χ0v) is 11.1. The second-order valence-electron chi connectivity index (χ2n) is 4.79. The van der Waals surface area contributed by atoms with Gasteiger partial charge in [0.2, 0.25) is 11.8 Å². The van der Waals surface area contributed by atoms with Gasteiger partial charge in [0.15, 0.2) is 0 Å². The number of hydrogen-bond acceptors (Lipinski definition) is 3. The van der Waals surface area contributed by atoms with Crippen LogP contribution in [0.15, 0.2) is 0 Å². The van der Waals surface area contributed by atoms with Crippen LogP contribution in [-0.4, -0.2) is 42.9 Å². The van der Waals surface area contributed by atoms with Crippen LogP contribution in [0.5, 0.6) is 0 Å². The monoisotopic (exact) mass is 255 g/mol. The number of nitrogens with two attached hydrogens (primary N) is 1. The van der Waals surface area contributed by atoms with Gasteiger partial charge >= 0.3 is 0 Å². The largest absolute Gasteiger partial charge is 0.356 e. The summed E-state index contributed by atoms with van der Waals surface area (Å²) < 4.78 is 0. The van der Waals surface area contributed by atoms with E-state index in [1.54, 1.807) is 0 Å². The summed E-state index contributed by atoms with van der Waals surface area (Å²) in [5.74, 6) is 0.229. The number of likely N-dealkylation sites (tertiary alicyclic amines) is 1. The van der Waals surface area contributed by atoms with Crippen LogP contribution in [0.1, 0.15) is 44.9 Å². The molecule has 1 saturated heterocycles. The van der Waals surface area contributed by atoms with Crippen LogP contribution in [0.25, 0.3) is 0 Å². The highest BCUT2D eigenvalue weighted by Crippen LogP contribution is 2.11. The third-order valence-corrected chi connectivity index (χ3v) is 3.23. The Bertz CT molecular complexity index is 269. The molecular formula is C13H25N3O2. The van der Waals surface area contributed by atoms with E-state index in [4.69, 9.17) is 5.73 Å². The minimum Gasteiger partial charge on any atom is -0.356 e. The van der Waals surface area contributed by atoms with Gasteiger partial charge in [-0.2, -0.15) is 0 Å². The molecule has 0 atom stereocenters. The van der Waals surface area contributed by atoms with Gasteiger partial charge in [-0.25, -0.2) is 0 Å². The van der Waals surface area contributed by atoms with Gasteiger partial charge < -0.3 is 16.0 Å². The Morgan fingerprint density at radius 2 is 2.11 bits per heavy atom. The van der Waals surface area contributed by atoms with E-state index < -0.39 is 0 Å². The number of unbranched alkanes of at least 4 members (excludes halogenated alkanes) is 1. The molecule has 0 spiro atoms. The standard InChI is InChI=1S/C13H25N3O2/c14-8-3-4-9-15-12(17)7-11-16-10-5-1-2-6-13(16)18/h1-11,14H2,(H,15,17). The Hall–Kier alpha value is -1.10. The second-order valence-corrected chi connectivity index (χ2v) is 4.79. The zero-order valence-electron chi connectivity index (χ0n) is 11.1. The molecule has 5 heteroatoms. The van der Waals surface area contributed by atoms with Crippen LogP contribution >= 0.6 is 0 Å². The maximum Gasteiger partial charge on any atom is 0.222 e. The summed E-state index contributed by atoms with van der Waals surface area (Å²) in [7, 11) is 0. The van der Waals surface area contributed by atoms with Crippen LogP contribution in [-0.2, 0) is 9.59 Å².